The van der Waals surface area contributed by atoms with Crippen LogP contribution < -0.4 is 9.92 Å². The van der Waals surface area contributed by atoms with Gasteiger partial charge in [-0.2, -0.15) is 0 Å². The maximum absolute atomic E-state index is 16.3. The summed E-state index contributed by atoms with van der Waals surface area (Å²) in [5.41, 5.74) is 2.01. The van der Waals surface area contributed by atoms with Crippen LogP contribution in [0.1, 0.15) is 56.2 Å². The minimum atomic E-state index is -2.70. The van der Waals surface area contributed by atoms with Gasteiger partial charge in [0, 0.05) is 47.6 Å². The third-order valence-electron chi connectivity index (χ3n) is 9.40. The molecule has 0 radical (unpaired) electrons. The van der Waals surface area contributed by atoms with Crippen LogP contribution in [-0.2, 0) is 27.3 Å². The van der Waals surface area contributed by atoms with E-state index in [-0.39, 0.29) is 40.8 Å². The van der Waals surface area contributed by atoms with Crippen molar-refractivity contribution in [2.24, 2.45) is 17.6 Å². The van der Waals surface area contributed by atoms with Gasteiger partial charge in [-0.3, -0.25) is 24.2 Å². The fourth-order valence-electron chi connectivity index (χ4n) is 7.03. The second-order valence-corrected chi connectivity index (χ2v) is 12.4. The molecule has 0 aliphatic heterocycles. The molecule has 0 heterocycles. The van der Waals surface area contributed by atoms with Crippen LogP contribution in [0.25, 0.3) is 5.76 Å². The molecule has 5 rings (SSSR count). The van der Waals surface area contributed by atoms with E-state index in [0.717, 1.165) is 25.8 Å². The highest BCUT2D eigenvalue weighted by molar-refractivity contribution is 7.75. The summed E-state index contributed by atoms with van der Waals surface area (Å²) in [7, 11) is 3.08. The highest BCUT2D eigenvalue weighted by Gasteiger charge is 2.64. The smallest absolute Gasteiger partial charge is 0.255 e. The number of nitrogens with two attached hydrogens (primary N) is 1. The molecule has 0 bridgehead atoms. The SMILES string of the molecule is CCCN(Cc1cc(OS)c2c(c1F)C[C@H]1C[C@H]3[C@H](N(C)C)C(=O)C(C(N)=O)=C(O)[C@@]3(O)C(=O)C1=C2O)C1(C)CC1. The molecule has 1 aromatic carbocycles. The number of halogens is 1. The molecule has 10 nitrogen and oxygen atoms in total. The summed E-state index contributed by atoms with van der Waals surface area (Å²) in [6.45, 7) is 5.31. The van der Waals surface area contributed by atoms with Gasteiger partial charge in [-0.15, -0.1) is 0 Å². The fourth-order valence-corrected chi connectivity index (χ4v) is 7.17. The molecule has 0 aromatic heterocycles. The molecule has 5 N–H and O–H groups in total. The van der Waals surface area contributed by atoms with Gasteiger partial charge in [0.2, 0.25) is 5.78 Å². The zero-order chi connectivity index (χ0) is 30.2. The topological polar surface area (TPSA) is 154 Å². The Morgan fingerprint density at radius 1 is 1.27 bits per heavy atom. The van der Waals surface area contributed by atoms with Crippen molar-refractivity contribution < 1.29 is 38.3 Å². The molecule has 41 heavy (non-hydrogen) atoms. The van der Waals surface area contributed by atoms with Crippen molar-refractivity contribution in [3.8, 4) is 5.75 Å². The van der Waals surface area contributed by atoms with Crippen LogP contribution in [0.5, 0.6) is 5.75 Å². The minimum Gasteiger partial charge on any atom is -0.508 e. The predicted molar refractivity (Wildman–Crippen MR) is 150 cm³/mol. The van der Waals surface area contributed by atoms with E-state index in [2.05, 4.69) is 31.7 Å². The number of ketones is 2. The first kappa shape index (κ1) is 29.6. The number of likely N-dealkylation sites (N-methyl/N-ethyl adjacent to an activating group) is 1. The van der Waals surface area contributed by atoms with Crippen LogP contribution in [0, 0.1) is 17.7 Å². The Kier molecular flexibility index (Phi) is 7.29. The first-order chi connectivity index (χ1) is 19.2. The lowest BCUT2D eigenvalue weighted by atomic mass is 9.57. The third-order valence-corrected chi connectivity index (χ3v) is 9.60. The van der Waals surface area contributed by atoms with E-state index in [1.165, 1.54) is 25.1 Å². The summed E-state index contributed by atoms with van der Waals surface area (Å²) in [4.78, 5) is 43.0. The van der Waals surface area contributed by atoms with Gasteiger partial charge in [-0.05, 0) is 71.7 Å². The number of Topliss-reactive ketones (excluding diaryl/α,β-unsaturated/α-hetero) is 2. The van der Waals surface area contributed by atoms with Gasteiger partial charge in [0.25, 0.3) is 5.91 Å². The van der Waals surface area contributed by atoms with Gasteiger partial charge in [-0.25, -0.2) is 4.39 Å². The third kappa shape index (κ3) is 4.29. The van der Waals surface area contributed by atoms with E-state index in [4.69, 9.17) is 9.92 Å². The Bertz CT molecular complexity index is 1420. The summed E-state index contributed by atoms with van der Waals surface area (Å²) in [6, 6.07) is 0.281. The fraction of sp³-hybridized carbons (Fsp3) is 0.552. The van der Waals surface area contributed by atoms with Crippen molar-refractivity contribution in [2.75, 3.05) is 20.6 Å². The van der Waals surface area contributed by atoms with E-state index in [1.807, 2.05) is 0 Å². The lowest BCUT2D eigenvalue weighted by Gasteiger charge is -2.50. The Labute approximate surface area is 243 Å². The summed E-state index contributed by atoms with van der Waals surface area (Å²) in [5, 5.41) is 34.1. The van der Waals surface area contributed by atoms with Gasteiger partial charge in [0.15, 0.2) is 11.4 Å². The lowest BCUT2D eigenvalue weighted by molar-refractivity contribution is -0.153. The maximum Gasteiger partial charge on any atom is 0.255 e. The Morgan fingerprint density at radius 3 is 2.46 bits per heavy atom. The quantitative estimate of drug-likeness (QED) is 0.175. The minimum absolute atomic E-state index is 0.0101. The number of carbonyl (C=O) groups excluding carboxylic acids is 3. The van der Waals surface area contributed by atoms with Crippen molar-refractivity contribution in [3.63, 3.8) is 0 Å². The van der Waals surface area contributed by atoms with E-state index in [9.17, 15) is 29.7 Å². The zero-order valence-corrected chi connectivity index (χ0v) is 24.4. The van der Waals surface area contributed by atoms with Crippen molar-refractivity contribution in [1.82, 2.24) is 9.80 Å². The van der Waals surface area contributed by atoms with Gasteiger partial charge in [0.05, 0.1) is 11.6 Å². The Hall–Kier alpha value is -2.93. The molecule has 0 saturated heterocycles. The van der Waals surface area contributed by atoms with Gasteiger partial charge in [-0.1, -0.05) is 6.92 Å². The standard InChI is InChI=1S/C29H36FN3O7S/c1-5-8-33(28(2)6-7-28)12-14-11-17(40-41)19-15(21(14)30)9-13-10-16-22(32(3)4)24(35)20(27(31)38)26(37)29(16,39)25(36)18(13)23(19)34/h11,13,16,22,34,37,39,41H,5-10,12H2,1-4H3,(H2,31,38)/t13-,16-,22-,29-/m0/s1. The van der Waals surface area contributed by atoms with E-state index in [1.54, 1.807) is 0 Å². The molecule has 1 aromatic rings. The van der Waals surface area contributed by atoms with Crippen LogP contribution in [-0.4, -0.2) is 80.4 Å². The molecule has 4 aliphatic carbocycles. The zero-order valence-electron chi connectivity index (χ0n) is 23.5. The molecule has 4 aliphatic rings. The number of benzene rings is 1. The molecule has 0 unspecified atom stereocenters. The number of primary amides is 1. The Morgan fingerprint density at radius 2 is 1.93 bits per heavy atom. The number of nitrogens with zero attached hydrogens (tertiary/aromatic N) is 2. The molecule has 2 fully saturated rings. The molecule has 222 valence electrons. The molecule has 0 spiro atoms. The number of aliphatic hydroxyl groups excluding tert-OH is 2. The average Bonchev–Trinajstić information content (AvgIpc) is 3.65. The average molecular weight is 590 g/mol. The summed E-state index contributed by atoms with van der Waals surface area (Å²) in [5.74, 6) is -7.38. The van der Waals surface area contributed by atoms with E-state index in [0.29, 0.717) is 12.1 Å². The lowest BCUT2D eigenvalue weighted by Crippen LogP contribution is -2.65. The Balaban J connectivity index is 1.66. The number of hydrogen-bond donors (Lipinski definition) is 5. The number of carbonyl (C=O) groups is 3. The highest BCUT2D eigenvalue weighted by Crippen LogP contribution is 2.53. The summed E-state index contributed by atoms with van der Waals surface area (Å²) < 4.78 is 21.5. The van der Waals surface area contributed by atoms with E-state index < -0.39 is 63.9 Å². The maximum atomic E-state index is 16.3. The molecule has 1 amide bonds. The van der Waals surface area contributed by atoms with Crippen LogP contribution in [0.4, 0.5) is 4.39 Å². The van der Waals surface area contributed by atoms with Crippen molar-refractivity contribution in [3.05, 3.63) is 45.5 Å². The van der Waals surface area contributed by atoms with E-state index >= 15 is 4.39 Å². The molecular weight excluding hydrogens is 553 g/mol. The molecular formula is C29H36FN3O7S. The van der Waals surface area contributed by atoms with Crippen molar-refractivity contribution in [2.45, 2.75) is 69.7 Å². The van der Waals surface area contributed by atoms with Gasteiger partial charge >= 0.3 is 0 Å². The molecule has 2 saturated carbocycles. The van der Waals surface area contributed by atoms with Crippen LogP contribution in [0.2, 0.25) is 0 Å². The van der Waals surface area contributed by atoms with Crippen molar-refractivity contribution in [1.29, 1.82) is 0 Å². The van der Waals surface area contributed by atoms with Crippen LogP contribution >= 0.6 is 12.9 Å². The highest BCUT2D eigenvalue weighted by atomic mass is 32.1. The monoisotopic (exact) mass is 589 g/mol. The normalized spacial score (nSPS) is 28.6. The summed E-state index contributed by atoms with van der Waals surface area (Å²) >= 11 is 3.95. The number of rotatable bonds is 8. The summed E-state index contributed by atoms with van der Waals surface area (Å²) in [6.07, 6.45) is 2.84. The number of thiol groups is 1. The van der Waals surface area contributed by atoms with Gasteiger partial charge in [0.1, 0.15) is 28.7 Å². The van der Waals surface area contributed by atoms with Crippen LogP contribution in [0.15, 0.2) is 23.0 Å². The second kappa shape index (κ2) is 10.1. The first-order valence-corrected chi connectivity index (χ1v) is 14.1. The predicted octanol–water partition coefficient (Wildman–Crippen LogP) is 2.39. The number of aliphatic hydroxyl groups is 3. The number of hydrogen-bond acceptors (Lipinski definition) is 10. The molecule has 12 heteroatoms. The van der Waals surface area contributed by atoms with Crippen LogP contribution in [0.3, 0.4) is 0 Å². The van der Waals surface area contributed by atoms with Crippen molar-refractivity contribution >= 4 is 36.1 Å². The number of amides is 1. The molecule has 4 atom stereocenters. The second-order valence-electron chi connectivity index (χ2n) is 12.2. The largest absolute Gasteiger partial charge is 0.508 e. The first-order valence-electron chi connectivity index (χ1n) is 13.8. The van der Waals surface area contributed by atoms with Gasteiger partial charge < -0.3 is 25.2 Å². The number of fused-ring (bicyclic) bond motifs is 3.